The van der Waals surface area contributed by atoms with E-state index >= 15 is 0 Å². The molecular weight excluding hydrogens is 260 g/mol. The van der Waals surface area contributed by atoms with E-state index in [1.807, 2.05) is 29.2 Å². The molecule has 4 nitrogen and oxygen atoms in total. The van der Waals surface area contributed by atoms with Crippen LogP contribution in [0.4, 0.5) is 5.69 Å². The Hall–Kier alpha value is -1.20. The van der Waals surface area contributed by atoms with Crippen molar-refractivity contribution < 1.29 is 9.53 Å². The second kappa shape index (κ2) is 7.40. The smallest absolute Gasteiger partial charge is 0.222 e. The molecule has 2 N–H and O–H groups in total. The van der Waals surface area contributed by atoms with Crippen LogP contribution in [0, 0.1) is 0 Å². The second-order valence-corrected chi connectivity index (χ2v) is 5.68. The molecule has 1 aliphatic heterocycles. The number of carbonyl (C=O) groups is 1. The molecule has 104 valence electrons. The first-order valence-electron chi connectivity index (χ1n) is 6.59. The van der Waals surface area contributed by atoms with E-state index in [4.69, 9.17) is 10.5 Å². The van der Waals surface area contributed by atoms with Crippen LogP contribution in [0.3, 0.4) is 0 Å². The van der Waals surface area contributed by atoms with Crippen LogP contribution in [-0.2, 0) is 9.53 Å². The summed E-state index contributed by atoms with van der Waals surface area (Å²) in [6.07, 6.45) is 1.53. The lowest BCUT2D eigenvalue weighted by Crippen LogP contribution is -2.40. The number of benzene rings is 1. The fourth-order valence-corrected chi connectivity index (χ4v) is 2.80. The van der Waals surface area contributed by atoms with Gasteiger partial charge in [0, 0.05) is 30.1 Å². The van der Waals surface area contributed by atoms with Gasteiger partial charge in [-0.25, -0.2) is 0 Å². The molecule has 0 saturated carbocycles. The highest BCUT2D eigenvalue weighted by atomic mass is 32.2. The summed E-state index contributed by atoms with van der Waals surface area (Å²) in [6.45, 7) is 2.83. The highest BCUT2D eigenvalue weighted by Gasteiger charge is 2.15. The fraction of sp³-hybridized carbons (Fsp3) is 0.500. The number of hydrogen-bond donors (Lipinski definition) is 1. The zero-order valence-electron chi connectivity index (χ0n) is 11.0. The largest absolute Gasteiger partial charge is 0.399 e. The van der Waals surface area contributed by atoms with Gasteiger partial charge in [-0.2, -0.15) is 0 Å². The molecule has 1 aromatic rings. The molecule has 1 aliphatic rings. The van der Waals surface area contributed by atoms with E-state index in [-0.39, 0.29) is 5.91 Å². The maximum atomic E-state index is 11.9. The van der Waals surface area contributed by atoms with Crippen molar-refractivity contribution in [2.45, 2.75) is 17.7 Å². The van der Waals surface area contributed by atoms with Crippen LogP contribution in [0.15, 0.2) is 29.2 Å². The summed E-state index contributed by atoms with van der Waals surface area (Å²) in [5.41, 5.74) is 6.42. The molecule has 0 aliphatic carbocycles. The van der Waals surface area contributed by atoms with Crippen LogP contribution in [0.2, 0.25) is 0 Å². The monoisotopic (exact) mass is 280 g/mol. The first kappa shape index (κ1) is 14.2. The average Bonchev–Trinajstić information content (AvgIpc) is 2.46. The first-order valence-corrected chi connectivity index (χ1v) is 7.58. The quantitative estimate of drug-likeness (QED) is 0.509. The molecule has 0 bridgehead atoms. The fourth-order valence-electron chi connectivity index (χ4n) is 1.95. The summed E-state index contributed by atoms with van der Waals surface area (Å²) in [7, 11) is 0. The highest BCUT2D eigenvalue weighted by Crippen LogP contribution is 2.20. The number of carbonyl (C=O) groups excluding carboxylic acids is 1. The van der Waals surface area contributed by atoms with Gasteiger partial charge in [0.15, 0.2) is 0 Å². The first-order chi connectivity index (χ1) is 9.25. The van der Waals surface area contributed by atoms with Gasteiger partial charge in [0.05, 0.1) is 13.2 Å². The van der Waals surface area contributed by atoms with Gasteiger partial charge in [0.1, 0.15) is 0 Å². The van der Waals surface area contributed by atoms with Gasteiger partial charge in [0.2, 0.25) is 5.91 Å². The van der Waals surface area contributed by atoms with Crippen molar-refractivity contribution in [1.29, 1.82) is 0 Å². The lowest BCUT2D eigenvalue weighted by atomic mass is 10.3. The Morgan fingerprint density at radius 1 is 1.26 bits per heavy atom. The summed E-state index contributed by atoms with van der Waals surface area (Å²) < 4.78 is 5.23. The van der Waals surface area contributed by atoms with Crippen LogP contribution < -0.4 is 5.73 Å². The molecule has 1 fully saturated rings. The molecule has 2 rings (SSSR count). The molecule has 0 spiro atoms. The van der Waals surface area contributed by atoms with E-state index in [9.17, 15) is 4.79 Å². The van der Waals surface area contributed by atoms with E-state index in [1.54, 1.807) is 11.8 Å². The number of ether oxygens (including phenoxy) is 1. The SMILES string of the molecule is Nc1ccc(SCCCC(=O)N2CCOCC2)cc1. The normalized spacial score (nSPS) is 15.5. The van der Waals surface area contributed by atoms with E-state index in [2.05, 4.69) is 0 Å². The maximum absolute atomic E-state index is 11.9. The molecule has 1 saturated heterocycles. The Bertz CT molecular complexity index is 402. The summed E-state index contributed by atoms with van der Waals surface area (Å²) in [5.74, 6) is 1.21. The molecule has 0 atom stereocenters. The predicted molar refractivity (Wildman–Crippen MR) is 78.2 cm³/mol. The van der Waals surface area contributed by atoms with Gasteiger partial charge < -0.3 is 15.4 Å². The molecule has 1 aromatic carbocycles. The minimum Gasteiger partial charge on any atom is -0.399 e. The number of rotatable bonds is 5. The van der Waals surface area contributed by atoms with Gasteiger partial charge in [-0.15, -0.1) is 11.8 Å². The molecule has 1 amide bonds. The number of anilines is 1. The van der Waals surface area contributed by atoms with Crippen LogP contribution >= 0.6 is 11.8 Å². The van der Waals surface area contributed by atoms with Gasteiger partial charge in [0.25, 0.3) is 0 Å². The second-order valence-electron chi connectivity index (χ2n) is 4.51. The summed E-state index contributed by atoms with van der Waals surface area (Å²) in [4.78, 5) is 15.0. The lowest BCUT2D eigenvalue weighted by Gasteiger charge is -2.26. The molecule has 0 radical (unpaired) electrons. The number of nitrogens with zero attached hydrogens (tertiary/aromatic N) is 1. The Kier molecular flexibility index (Phi) is 5.54. The molecule has 0 aromatic heterocycles. The predicted octanol–water partition coefficient (Wildman–Crippen LogP) is 2.00. The third kappa shape index (κ3) is 4.76. The molecule has 5 heteroatoms. The average molecular weight is 280 g/mol. The Morgan fingerprint density at radius 3 is 2.63 bits per heavy atom. The Balaban J connectivity index is 1.63. The van der Waals surface area contributed by atoms with Crippen LogP contribution in [0.1, 0.15) is 12.8 Å². The van der Waals surface area contributed by atoms with Gasteiger partial charge in [-0.1, -0.05) is 0 Å². The topological polar surface area (TPSA) is 55.6 Å². The van der Waals surface area contributed by atoms with Crippen LogP contribution in [0.5, 0.6) is 0 Å². The van der Waals surface area contributed by atoms with Crippen molar-refractivity contribution in [1.82, 2.24) is 4.90 Å². The Morgan fingerprint density at radius 2 is 1.95 bits per heavy atom. The minimum absolute atomic E-state index is 0.251. The minimum atomic E-state index is 0.251. The van der Waals surface area contributed by atoms with Crippen molar-refractivity contribution in [3.05, 3.63) is 24.3 Å². The van der Waals surface area contributed by atoms with Crippen molar-refractivity contribution in [2.75, 3.05) is 37.8 Å². The lowest BCUT2D eigenvalue weighted by molar-refractivity contribution is -0.135. The number of hydrogen-bond acceptors (Lipinski definition) is 4. The molecule has 1 heterocycles. The van der Waals surface area contributed by atoms with E-state index in [0.29, 0.717) is 19.6 Å². The third-order valence-electron chi connectivity index (χ3n) is 3.05. The van der Waals surface area contributed by atoms with Crippen molar-refractivity contribution in [3.8, 4) is 0 Å². The standard InChI is InChI=1S/C14H20N2O2S/c15-12-3-5-13(6-4-12)19-11-1-2-14(17)16-7-9-18-10-8-16/h3-6H,1-2,7-11,15H2. The van der Waals surface area contributed by atoms with Crippen LogP contribution in [0.25, 0.3) is 0 Å². The highest BCUT2D eigenvalue weighted by molar-refractivity contribution is 7.99. The van der Waals surface area contributed by atoms with Crippen molar-refractivity contribution in [3.63, 3.8) is 0 Å². The Labute approximate surface area is 118 Å². The summed E-state index contributed by atoms with van der Waals surface area (Å²) in [5, 5.41) is 0. The molecule has 0 unspecified atom stereocenters. The summed E-state index contributed by atoms with van der Waals surface area (Å²) >= 11 is 1.77. The zero-order valence-corrected chi connectivity index (χ0v) is 11.8. The van der Waals surface area contributed by atoms with Gasteiger partial charge in [-0.05, 0) is 36.4 Å². The van der Waals surface area contributed by atoms with Crippen molar-refractivity contribution >= 4 is 23.4 Å². The van der Waals surface area contributed by atoms with E-state index in [0.717, 1.165) is 31.0 Å². The third-order valence-corrected chi connectivity index (χ3v) is 4.15. The van der Waals surface area contributed by atoms with Gasteiger partial charge >= 0.3 is 0 Å². The van der Waals surface area contributed by atoms with Crippen LogP contribution in [-0.4, -0.2) is 42.9 Å². The maximum Gasteiger partial charge on any atom is 0.222 e. The number of amides is 1. The van der Waals surface area contributed by atoms with Crippen molar-refractivity contribution in [2.24, 2.45) is 0 Å². The summed E-state index contributed by atoms with van der Waals surface area (Å²) in [6, 6.07) is 7.84. The van der Waals surface area contributed by atoms with E-state index < -0.39 is 0 Å². The zero-order chi connectivity index (χ0) is 13.5. The number of morpholine rings is 1. The number of nitrogens with two attached hydrogens (primary N) is 1. The molecule has 19 heavy (non-hydrogen) atoms. The van der Waals surface area contributed by atoms with E-state index in [1.165, 1.54) is 4.90 Å². The number of thioether (sulfide) groups is 1. The number of nitrogen functional groups attached to an aromatic ring is 1. The molecular formula is C14H20N2O2S. The van der Waals surface area contributed by atoms with Gasteiger partial charge in [-0.3, -0.25) is 4.79 Å².